The number of hydrogen-bond donors (Lipinski definition) is 2. The molecular formula is C11H13FN2. The maximum atomic E-state index is 12.9. The summed E-state index contributed by atoms with van der Waals surface area (Å²) in [5.74, 6) is -0.184. The van der Waals surface area contributed by atoms with Crippen LogP contribution in [0.4, 0.5) is 4.39 Å². The van der Waals surface area contributed by atoms with Crippen molar-refractivity contribution in [2.45, 2.75) is 6.42 Å². The third-order valence-corrected chi connectivity index (χ3v) is 2.28. The molecule has 1 aromatic heterocycles. The second kappa shape index (κ2) is 3.80. The molecule has 0 saturated heterocycles. The van der Waals surface area contributed by atoms with Crippen LogP contribution >= 0.6 is 0 Å². The van der Waals surface area contributed by atoms with Gasteiger partial charge in [-0.15, -0.1) is 0 Å². The molecule has 14 heavy (non-hydrogen) atoms. The highest BCUT2D eigenvalue weighted by Crippen LogP contribution is 2.16. The minimum absolute atomic E-state index is 0.184. The van der Waals surface area contributed by atoms with Gasteiger partial charge in [0.15, 0.2) is 0 Å². The Morgan fingerprint density at radius 3 is 3.00 bits per heavy atom. The number of H-pyrrole nitrogens is 1. The van der Waals surface area contributed by atoms with Gasteiger partial charge in [0.1, 0.15) is 5.82 Å². The number of fused-ring (bicyclic) bond motifs is 1. The number of nitrogens with one attached hydrogen (secondary N) is 2. The Morgan fingerprint density at radius 2 is 2.21 bits per heavy atom. The van der Waals surface area contributed by atoms with E-state index in [0.29, 0.717) is 0 Å². The maximum absolute atomic E-state index is 12.9. The SMILES string of the molecule is CNCCc1cc2cc(F)ccc2[nH]1. The van der Waals surface area contributed by atoms with Crippen molar-refractivity contribution in [3.05, 3.63) is 35.8 Å². The van der Waals surface area contributed by atoms with Gasteiger partial charge >= 0.3 is 0 Å². The first-order valence-electron chi connectivity index (χ1n) is 4.71. The van der Waals surface area contributed by atoms with Crippen LogP contribution in [0.3, 0.4) is 0 Å². The fourth-order valence-corrected chi connectivity index (χ4v) is 1.56. The van der Waals surface area contributed by atoms with Gasteiger partial charge in [-0.3, -0.25) is 0 Å². The predicted molar refractivity (Wildman–Crippen MR) is 55.9 cm³/mol. The molecule has 0 unspecified atom stereocenters. The van der Waals surface area contributed by atoms with Crippen LogP contribution in [0.25, 0.3) is 10.9 Å². The van der Waals surface area contributed by atoms with E-state index in [1.54, 1.807) is 12.1 Å². The van der Waals surface area contributed by atoms with Gasteiger partial charge in [0.2, 0.25) is 0 Å². The Balaban J connectivity index is 2.32. The summed E-state index contributed by atoms with van der Waals surface area (Å²) in [7, 11) is 1.92. The Morgan fingerprint density at radius 1 is 1.36 bits per heavy atom. The van der Waals surface area contributed by atoms with Crippen LogP contribution in [0.5, 0.6) is 0 Å². The van der Waals surface area contributed by atoms with E-state index in [2.05, 4.69) is 10.3 Å². The molecule has 0 radical (unpaired) electrons. The molecule has 3 heteroatoms. The van der Waals surface area contributed by atoms with Crippen molar-refractivity contribution in [1.82, 2.24) is 10.3 Å². The average molecular weight is 192 g/mol. The Bertz CT molecular complexity index is 434. The number of aromatic nitrogens is 1. The maximum Gasteiger partial charge on any atom is 0.123 e. The number of aromatic amines is 1. The molecule has 0 atom stereocenters. The second-order valence-electron chi connectivity index (χ2n) is 3.38. The Hall–Kier alpha value is -1.35. The summed E-state index contributed by atoms with van der Waals surface area (Å²) >= 11 is 0. The lowest BCUT2D eigenvalue weighted by Gasteiger charge is -1.94. The summed E-state index contributed by atoms with van der Waals surface area (Å²) in [6.45, 7) is 0.926. The smallest absolute Gasteiger partial charge is 0.123 e. The molecule has 2 aromatic rings. The van der Waals surface area contributed by atoms with Crippen molar-refractivity contribution in [3.63, 3.8) is 0 Å². The molecule has 74 valence electrons. The third kappa shape index (κ3) is 1.77. The fraction of sp³-hybridized carbons (Fsp3) is 0.273. The monoisotopic (exact) mass is 192 g/mol. The van der Waals surface area contributed by atoms with Gasteiger partial charge in [-0.05, 0) is 37.7 Å². The van der Waals surface area contributed by atoms with E-state index < -0.39 is 0 Å². The van der Waals surface area contributed by atoms with Gasteiger partial charge in [-0.25, -0.2) is 4.39 Å². The third-order valence-electron chi connectivity index (χ3n) is 2.28. The molecule has 0 bridgehead atoms. The highest BCUT2D eigenvalue weighted by molar-refractivity contribution is 5.80. The van der Waals surface area contributed by atoms with E-state index in [-0.39, 0.29) is 5.82 Å². The summed E-state index contributed by atoms with van der Waals surface area (Å²) in [5.41, 5.74) is 2.14. The van der Waals surface area contributed by atoms with Gasteiger partial charge in [-0.2, -0.15) is 0 Å². The first-order valence-corrected chi connectivity index (χ1v) is 4.71. The van der Waals surface area contributed by atoms with Crippen LogP contribution in [-0.4, -0.2) is 18.6 Å². The van der Waals surface area contributed by atoms with E-state index in [1.807, 2.05) is 13.1 Å². The van der Waals surface area contributed by atoms with Crippen molar-refractivity contribution in [2.24, 2.45) is 0 Å². The lowest BCUT2D eigenvalue weighted by molar-refractivity contribution is 0.630. The first kappa shape index (κ1) is 9.21. The van der Waals surface area contributed by atoms with E-state index in [0.717, 1.165) is 29.6 Å². The van der Waals surface area contributed by atoms with Gasteiger partial charge in [0.25, 0.3) is 0 Å². The van der Waals surface area contributed by atoms with Crippen molar-refractivity contribution in [2.75, 3.05) is 13.6 Å². The first-order chi connectivity index (χ1) is 6.79. The number of rotatable bonds is 3. The Kier molecular flexibility index (Phi) is 2.50. The zero-order valence-corrected chi connectivity index (χ0v) is 8.10. The largest absolute Gasteiger partial charge is 0.358 e. The summed E-state index contributed by atoms with van der Waals surface area (Å²) < 4.78 is 12.9. The molecule has 2 N–H and O–H groups in total. The van der Waals surface area contributed by atoms with E-state index >= 15 is 0 Å². The number of halogens is 1. The molecule has 1 aromatic carbocycles. The minimum atomic E-state index is -0.184. The molecule has 0 amide bonds. The van der Waals surface area contributed by atoms with E-state index in [4.69, 9.17) is 0 Å². The fourth-order valence-electron chi connectivity index (χ4n) is 1.56. The quantitative estimate of drug-likeness (QED) is 0.765. The van der Waals surface area contributed by atoms with Gasteiger partial charge in [0, 0.05) is 23.1 Å². The molecule has 2 nitrogen and oxygen atoms in total. The lowest BCUT2D eigenvalue weighted by Crippen LogP contribution is -2.10. The molecule has 1 heterocycles. The predicted octanol–water partition coefficient (Wildman–Crippen LogP) is 2.07. The van der Waals surface area contributed by atoms with E-state index in [1.165, 1.54) is 6.07 Å². The lowest BCUT2D eigenvalue weighted by atomic mass is 10.2. The number of hydrogen-bond acceptors (Lipinski definition) is 1. The van der Waals surface area contributed by atoms with Crippen LogP contribution in [0, 0.1) is 5.82 Å². The molecule has 0 spiro atoms. The van der Waals surface area contributed by atoms with Crippen molar-refractivity contribution in [1.29, 1.82) is 0 Å². The van der Waals surface area contributed by atoms with Crippen molar-refractivity contribution >= 4 is 10.9 Å². The van der Waals surface area contributed by atoms with Crippen LogP contribution in [0.15, 0.2) is 24.3 Å². The molecule has 0 aliphatic carbocycles. The van der Waals surface area contributed by atoms with Gasteiger partial charge in [0.05, 0.1) is 0 Å². The zero-order chi connectivity index (χ0) is 9.97. The molecule has 0 aliphatic heterocycles. The summed E-state index contributed by atoms with van der Waals surface area (Å²) in [5, 5.41) is 4.02. The Labute approximate surface area is 82.1 Å². The average Bonchev–Trinajstić information content (AvgIpc) is 2.56. The van der Waals surface area contributed by atoms with E-state index in [9.17, 15) is 4.39 Å². The molecule has 2 rings (SSSR count). The van der Waals surface area contributed by atoms with Gasteiger partial charge in [-0.1, -0.05) is 0 Å². The highest BCUT2D eigenvalue weighted by Gasteiger charge is 2.00. The zero-order valence-electron chi connectivity index (χ0n) is 8.10. The number of benzene rings is 1. The molecule has 0 saturated carbocycles. The topological polar surface area (TPSA) is 27.8 Å². The van der Waals surface area contributed by atoms with Crippen LogP contribution in [0.1, 0.15) is 5.69 Å². The summed E-state index contributed by atoms with van der Waals surface area (Å²) in [6, 6.07) is 6.79. The minimum Gasteiger partial charge on any atom is -0.358 e. The van der Waals surface area contributed by atoms with Crippen LogP contribution < -0.4 is 5.32 Å². The molecular weight excluding hydrogens is 179 g/mol. The normalized spacial score (nSPS) is 11.0. The van der Waals surface area contributed by atoms with Crippen LogP contribution in [-0.2, 0) is 6.42 Å². The molecule has 0 fully saturated rings. The highest BCUT2D eigenvalue weighted by atomic mass is 19.1. The number of likely N-dealkylation sites (N-methyl/N-ethyl adjacent to an activating group) is 1. The summed E-state index contributed by atoms with van der Waals surface area (Å²) in [6.07, 6.45) is 0.937. The second-order valence-corrected chi connectivity index (χ2v) is 3.38. The van der Waals surface area contributed by atoms with Crippen molar-refractivity contribution in [3.8, 4) is 0 Å². The van der Waals surface area contributed by atoms with Gasteiger partial charge < -0.3 is 10.3 Å². The van der Waals surface area contributed by atoms with Crippen LogP contribution in [0.2, 0.25) is 0 Å². The van der Waals surface area contributed by atoms with Crippen molar-refractivity contribution < 1.29 is 4.39 Å². The summed E-state index contributed by atoms with van der Waals surface area (Å²) in [4.78, 5) is 3.25. The standard InChI is InChI=1S/C11H13FN2/c1-13-5-4-10-7-8-6-9(12)2-3-11(8)14-10/h2-3,6-7,13-14H,4-5H2,1H3. The molecule has 0 aliphatic rings.